The van der Waals surface area contributed by atoms with Gasteiger partial charge in [-0.3, -0.25) is 9.59 Å². The van der Waals surface area contributed by atoms with Gasteiger partial charge in [-0.1, -0.05) is 36.4 Å². The summed E-state index contributed by atoms with van der Waals surface area (Å²) < 4.78 is 5.29. The van der Waals surface area contributed by atoms with Crippen LogP contribution in [-0.2, 0) is 9.53 Å². The fraction of sp³-hybridized carbons (Fsp3) is 0.261. The second kappa shape index (κ2) is 8.66. The molecule has 1 amide bonds. The van der Waals surface area contributed by atoms with E-state index < -0.39 is 0 Å². The van der Waals surface area contributed by atoms with Crippen molar-refractivity contribution in [3.8, 4) is 0 Å². The minimum Gasteiger partial charge on any atom is -0.462 e. The molecule has 0 unspecified atom stereocenters. The van der Waals surface area contributed by atoms with Crippen molar-refractivity contribution < 1.29 is 19.1 Å². The molecule has 0 radical (unpaired) electrons. The van der Waals surface area contributed by atoms with Crippen LogP contribution < -0.4 is 0 Å². The quantitative estimate of drug-likeness (QED) is 0.510. The summed E-state index contributed by atoms with van der Waals surface area (Å²) in [5.41, 5.74) is 2.83. The Kier molecular flexibility index (Phi) is 5.81. The van der Waals surface area contributed by atoms with Gasteiger partial charge in [0.2, 0.25) is 0 Å². The summed E-state index contributed by atoms with van der Waals surface area (Å²) in [7, 11) is 0. The van der Waals surface area contributed by atoms with Gasteiger partial charge in [-0.05, 0) is 36.8 Å². The van der Waals surface area contributed by atoms with Crippen molar-refractivity contribution in [3.63, 3.8) is 0 Å². The van der Waals surface area contributed by atoms with E-state index in [1.165, 1.54) is 11.8 Å². The van der Waals surface area contributed by atoms with Crippen molar-refractivity contribution in [3.05, 3.63) is 76.2 Å². The van der Waals surface area contributed by atoms with E-state index in [-0.39, 0.29) is 17.7 Å². The molecule has 2 aliphatic heterocycles. The zero-order chi connectivity index (χ0) is 20.2. The number of carbonyl (C=O) groups excluding carboxylic acids is 3. The van der Waals surface area contributed by atoms with E-state index in [1.54, 1.807) is 29.2 Å². The van der Waals surface area contributed by atoms with E-state index in [0.717, 1.165) is 29.9 Å². The van der Waals surface area contributed by atoms with Crippen LogP contribution >= 0.6 is 11.8 Å². The lowest BCUT2D eigenvalue weighted by atomic mass is 10.1. The van der Waals surface area contributed by atoms with Gasteiger partial charge in [-0.15, -0.1) is 11.8 Å². The van der Waals surface area contributed by atoms with Gasteiger partial charge in [-0.25, -0.2) is 4.79 Å². The minimum atomic E-state index is -0.317. The molecule has 6 heteroatoms. The largest absolute Gasteiger partial charge is 0.462 e. The molecule has 0 spiro atoms. The van der Waals surface area contributed by atoms with Gasteiger partial charge in [0.15, 0.2) is 5.78 Å². The Bertz CT molecular complexity index is 983. The van der Waals surface area contributed by atoms with Gasteiger partial charge in [0.25, 0.3) is 5.91 Å². The molecule has 0 fully saturated rings. The highest BCUT2D eigenvalue weighted by Gasteiger charge is 2.38. The molecular formula is C23H21NO4S. The van der Waals surface area contributed by atoms with Gasteiger partial charge in [0, 0.05) is 24.1 Å². The summed E-state index contributed by atoms with van der Waals surface area (Å²) in [5.74, 6) is 0.495. The van der Waals surface area contributed by atoms with Crippen LogP contribution in [0.5, 0.6) is 0 Å². The van der Waals surface area contributed by atoms with Crippen LogP contribution in [0, 0.1) is 0 Å². The third-order valence-corrected chi connectivity index (χ3v) is 6.19. The highest BCUT2D eigenvalue weighted by atomic mass is 32.2. The fourth-order valence-electron chi connectivity index (χ4n) is 3.54. The van der Waals surface area contributed by atoms with Crippen molar-refractivity contribution in [2.45, 2.75) is 19.3 Å². The van der Waals surface area contributed by atoms with E-state index in [9.17, 15) is 14.4 Å². The van der Waals surface area contributed by atoms with Crippen LogP contribution in [0.1, 0.15) is 45.5 Å². The average molecular weight is 407 g/mol. The summed E-state index contributed by atoms with van der Waals surface area (Å²) in [4.78, 5) is 39.5. The molecule has 2 aliphatic rings. The van der Waals surface area contributed by atoms with E-state index in [2.05, 4.69) is 0 Å². The predicted molar refractivity (Wildman–Crippen MR) is 112 cm³/mol. The number of nitrogens with zero attached hydrogens (tertiary/aromatic N) is 1. The first kappa shape index (κ1) is 19.5. The van der Waals surface area contributed by atoms with E-state index in [4.69, 9.17) is 4.74 Å². The first-order chi connectivity index (χ1) is 14.2. The molecule has 2 heterocycles. The number of amides is 1. The molecule has 2 aromatic carbocycles. The topological polar surface area (TPSA) is 63.7 Å². The molecule has 2 aromatic rings. The molecule has 0 aliphatic carbocycles. The molecule has 148 valence electrons. The number of Topliss-reactive ketones (excluding diaryl/α,β-unsaturated/α-hetero) is 1. The molecule has 0 aromatic heterocycles. The Labute approximate surface area is 173 Å². The van der Waals surface area contributed by atoms with Crippen LogP contribution in [0.15, 0.2) is 59.5 Å². The number of carbonyl (C=O) groups is 3. The second-order valence-corrected chi connectivity index (χ2v) is 8.02. The monoisotopic (exact) mass is 407 g/mol. The number of esters is 1. The van der Waals surface area contributed by atoms with Crippen molar-refractivity contribution >= 4 is 35.1 Å². The predicted octanol–water partition coefficient (Wildman–Crippen LogP) is 4.15. The number of ketones is 1. The Hall–Kier alpha value is -2.86. The normalized spacial score (nSPS) is 15.4. The molecule has 4 rings (SSSR count). The van der Waals surface area contributed by atoms with E-state index >= 15 is 0 Å². The van der Waals surface area contributed by atoms with Crippen LogP contribution in [0.3, 0.4) is 0 Å². The number of allylic oxidation sites excluding steroid dienone is 1. The maximum absolute atomic E-state index is 12.6. The number of hydrogen-bond acceptors (Lipinski definition) is 5. The summed E-state index contributed by atoms with van der Waals surface area (Å²) >= 11 is 1.50. The summed E-state index contributed by atoms with van der Waals surface area (Å²) in [5, 5.41) is 0. The van der Waals surface area contributed by atoms with Crippen LogP contribution in [0.4, 0.5) is 0 Å². The highest BCUT2D eigenvalue weighted by Crippen LogP contribution is 2.41. The number of unbranched alkanes of at least 4 members (excludes halogenated alkanes) is 1. The van der Waals surface area contributed by atoms with Gasteiger partial charge in [0.05, 0.1) is 22.8 Å². The lowest BCUT2D eigenvalue weighted by Crippen LogP contribution is -2.31. The third-order valence-electron chi connectivity index (χ3n) is 4.99. The van der Waals surface area contributed by atoms with Crippen LogP contribution in [-0.4, -0.2) is 41.5 Å². The first-order valence-corrected chi connectivity index (χ1v) is 10.7. The molecule has 0 N–H and O–H groups in total. The molecule has 0 bridgehead atoms. The number of benzene rings is 2. The maximum Gasteiger partial charge on any atom is 0.338 e. The van der Waals surface area contributed by atoms with Crippen molar-refractivity contribution in [1.82, 2.24) is 4.90 Å². The number of fused-ring (bicyclic) bond motifs is 3. The first-order valence-electron chi connectivity index (χ1n) is 9.70. The second-order valence-electron chi connectivity index (χ2n) is 6.91. The van der Waals surface area contributed by atoms with Crippen molar-refractivity contribution in [2.75, 3.05) is 18.9 Å². The van der Waals surface area contributed by atoms with Crippen LogP contribution in [0.2, 0.25) is 0 Å². The molecule has 0 atom stereocenters. The van der Waals surface area contributed by atoms with Crippen molar-refractivity contribution in [1.29, 1.82) is 0 Å². The van der Waals surface area contributed by atoms with E-state index in [0.29, 0.717) is 35.6 Å². The summed E-state index contributed by atoms with van der Waals surface area (Å²) in [6.07, 6.45) is 1.90. The lowest BCUT2D eigenvalue weighted by molar-refractivity contribution is -0.115. The molecule has 29 heavy (non-hydrogen) atoms. The van der Waals surface area contributed by atoms with Gasteiger partial charge in [0.1, 0.15) is 0 Å². The molecular weight excluding hydrogens is 386 g/mol. The number of rotatable bonds is 7. The zero-order valence-corrected chi connectivity index (χ0v) is 16.7. The average Bonchev–Trinajstić information content (AvgIpc) is 3.05. The molecule has 0 saturated heterocycles. The molecule has 5 nitrogen and oxygen atoms in total. The lowest BCUT2D eigenvalue weighted by Gasteiger charge is -2.25. The van der Waals surface area contributed by atoms with E-state index in [1.807, 2.05) is 30.3 Å². The number of ether oxygens (including phenoxy) is 1. The van der Waals surface area contributed by atoms with Gasteiger partial charge in [-0.2, -0.15) is 0 Å². The smallest absolute Gasteiger partial charge is 0.338 e. The SMILES string of the molecule is O=C1CCN2C(=O)c3ccccc3C2=C1SCCCCOC(=O)c1ccccc1. The summed E-state index contributed by atoms with van der Waals surface area (Å²) in [6, 6.07) is 16.4. The minimum absolute atomic E-state index is 0.0194. The zero-order valence-electron chi connectivity index (χ0n) is 15.9. The Morgan fingerprint density at radius 3 is 2.48 bits per heavy atom. The number of hydrogen-bond donors (Lipinski definition) is 0. The standard InChI is InChI=1S/C23H21NO4S/c25-19-12-13-24-20(17-10-4-5-11-18(17)22(24)26)21(19)29-15-7-6-14-28-23(27)16-8-2-1-3-9-16/h1-5,8-11H,6-7,12-15H2. The Balaban J connectivity index is 1.33. The Morgan fingerprint density at radius 1 is 0.966 bits per heavy atom. The number of thioether (sulfide) groups is 1. The van der Waals surface area contributed by atoms with Crippen molar-refractivity contribution in [2.24, 2.45) is 0 Å². The van der Waals surface area contributed by atoms with Gasteiger partial charge < -0.3 is 9.64 Å². The molecule has 0 saturated carbocycles. The highest BCUT2D eigenvalue weighted by molar-refractivity contribution is 8.04. The maximum atomic E-state index is 12.6. The summed E-state index contributed by atoms with van der Waals surface area (Å²) in [6.45, 7) is 0.794. The Morgan fingerprint density at radius 2 is 1.69 bits per heavy atom. The van der Waals surface area contributed by atoms with Gasteiger partial charge >= 0.3 is 5.97 Å². The van der Waals surface area contributed by atoms with Crippen LogP contribution in [0.25, 0.3) is 5.70 Å². The third kappa shape index (κ3) is 3.98. The fourth-order valence-corrected chi connectivity index (χ4v) is 4.71.